The number of ether oxygens (including phenoxy) is 2. The molecule has 4 rings (SSSR count). The maximum Gasteiger partial charge on any atom is 0.490 e. The number of hydrogen-bond acceptors (Lipinski definition) is 5. The smallest absolute Gasteiger partial charge is 0.475 e. The van der Waals surface area contributed by atoms with Crippen molar-refractivity contribution in [1.29, 1.82) is 0 Å². The van der Waals surface area contributed by atoms with Crippen LogP contribution < -0.4 is 0 Å². The van der Waals surface area contributed by atoms with Crippen molar-refractivity contribution in [2.75, 3.05) is 39.4 Å². The van der Waals surface area contributed by atoms with Crippen LogP contribution in [0.25, 0.3) is 0 Å². The standard InChI is InChI=1S/C20H28N2O3.C2HF3O2/c23-19(18-7-4-13-24-18)22-10-8-20(9-11-22)16-21(12-14-25-20)15-17-5-2-1-3-6-17;3-2(4,5)1(6)7/h1-3,5-6,18H,4,7-16H2;(H,6,7)/t18-;/m0./s1. The van der Waals surface area contributed by atoms with Gasteiger partial charge in [0.05, 0.1) is 12.2 Å². The highest BCUT2D eigenvalue weighted by molar-refractivity contribution is 5.81. The summed E-state index contributed by atoms with van der Waals surface area (Å²) < 4.78 is 43.5. The first-order valence-electron chi connectivity index (χ1n) is 10.8. The molecular weight excluding hydrogens is 429 g/mol. The highest BCUT2D eigenvalue weighted by atomic mass is 19.4. The highest BCUT2D eigenvalue weighted by Gasteiger charge is 2.42. The Morgan fingerprint density at radius 2 is 1.75 bits per heavy atom. The number of halogens is 3. The Balaban J connectivity index is 0.000000360. The predicted molar refractivity (Wildman–Crippen MR) is 109 cm³/mol. The third kappa shape index (κ3) is 6.66. The fourth-order valence-electron chi connectivity index (χ4n) is 4.31. The van der Waals surface area contributed by atoms with Gasteiger partial charge in [-0.3, -0.25) is 9.69 Å². The van der Waals surface area contributed by atoms with Gasteiger partial charge in [0.15, 0.2) is 0 Å². The van der Waals surface area contributed by atoms with E-state index in [-0.39, 0.29) is 17.6 Å². The van der Waals surface area contributed by atoms with Crippen molar-refractivity contribution in [3.63, 3.8) is 0 Å². The maximum absolute atomic E-state index is 12.5. The van der Waals surface area contributed by atoms with Gasteiger partial charge in [0, 0.05) is 39.3 Å². The van der Waals surface area contributed by atoms with E-state index in [1.807, 2.05) is 4.90 Å². The van der Waals surface area contributed by atoms with Crippen molar-refractivity contribution in [1.82, 2.24) is 9.80 Å². The van der Waals surface area contributed by atoms with Crippen molar-refractivity contribution in [2.24, 2.45) is 0 Å². The van der Waals surface area contributed by atoms with Gasteiger partial charge >= 0.3 is 12.1 Å². The van der Waals surface area contributed by atoms with Crippen LogP contribution in [0.15, 0.2) is 30.3 Å². The number of rotatable bonds is 3. The Morgan fingerprint density at radius 1 is 1.09 bits per heavy atom. The quantitative estimate of drug-likeness (QED) is 0.751. The summed E-state index contributed by atoms with van der Waals surface area (Å²) in [6, 6.07) is 10.6. The van der Waals surface area contributed by atoms with Gasteiger partial charge in [-0.15, -0.1) is 0 Å². The molecule has 1 amide bonds. The summed E-state index contributed by atoms with van der Waals surface area (Å²) in [4.78, 5) is 25.9. The molecule has 3 fully saturated rings. The van der Waals surface area contributed by atoms with Gasteiger partial charge in [-0.2, -0.15) is 13.2 Å². The topological polar surface area (TPSA) is 79.3 Å². The zero-order valence-corrected chi connectivity index (χ0v) is 17.9. The first-order valence-corrected chi connectivity index (χ1v) is 10.8. The number of amides is 1. The molecule has 0 aromatic heterocycles. The van der Waals surface area contributed by atoms with Gasteiger partial charge < -0.3 is 19.5 Å². The third-order valence-electron chi connectivity index (χ3n) is 6.01. The summed E-state index contributed by atoms with van der Waals surface area (Å²) in [6.45, 7) is 6.01. The molecule has 7 nitrogen and oxygen atoms in total. The molecule has 3 aliphatic rings. The number of carbonyl (C=O) groups excluding carboxylic acids is 1. The van der Waals surface area contributed by atoms with Gasteiger partial charge in [-0.05, 0) is 31.2 Å². The van der Waals surface area contributed by atoms with Crippen LogP contribution in [0.5, 0.6) is 0 Å². The molecule has 1 atom stereocenters. The van der Waals surface area contributed by atoms with Crippen molar-refractivity contribution < 1.29 is 37.3 Å². The van der Waals surface area contributed by atoms with Crippen LogP contribution in [0.1, 0.15) is 31.2 Å². The molecule has 1 spiro atoms. The molecule has 3 heterocycles. The van der Waals surface area contributed by atoms with Crippen molar-refractivity contribution in [2.45, 2.75) is 50.1 Å². The molecule has 1 aromatic carbocycles. The molecule has 10 heteroatoms. The molecule has 0 unspecified atom stereocenters. The number of likely N-dealkylation sites (tertiary alicyclic amines) is 1. The van der Waals surface area contributed by atoms with Crippen LogP contribution in [-0.4, -0.2) is 84.1 Å². The summed E-state index contributed by atoms with van der Waals surface area (Å²) in [5, 5.41) is 7.12. The van der Waals surface area contributed by atoms with Gasteiger partial charge in [-0.25, -0.2) is 4.79 Å². The fourth-order valence-corrected chi connectivity index (χ4v) is 4.31. The van der Waals surface area contributed by atoms with Crippen molar-refractivity contribution in [3.05, 3.63) is 35.9 Å². The maximum atomic E-state index is 12.5. The van der Waals surface area contributed by atoms with E-state index in [0.717, 1.165) is 71.6 Å². The number of aliphatic carboxylic acids is 1. The number of carboxylic acids is 1. The Labute approximate surface area is 185 Å². The lowest BCUT2D eigenvalue weighted by Gasteiger charge is -2.47. The van der Waals surface area contributed by atoms with Gasteiger partial charge in [0.1, 0.15) is 6.10 Å². The average molecular weight is 458 g/mol. The van der Waals surface area contributed by atoms with Crippen LogP contribution in [0.4, 0.5) is 13.2 Å². The summed E-state index contributed by atoms with van der Waals surface area (Å²) in [5.74, 6) is -2.57. The Hall–Kier alpha value is -2.17. The number of carboxylic acid groups (broad SMARTS) is 1. The number of carbonyl (C=O) groups is 2. The lowest BCUT2D eigenvalue weighted by molar-refractivity contribution is -0.192. The number of benzene rings is 1. The summed E-state index contributed by atoms with van der Waals surface area (Å²) >= 11 is 0. The second kappa shape index (κ2) is 10.6. The molecule has 3 saturated heterocycles. The minimum Gasteiger partial charge on any atom is -0.475 e. The van der Waals surface area contributed by atoms with Crippen LogP contribution in [-0.2, 0) is 25.6 Å². The van der Waals surface area contributed by atoms with Crippen LogP contribution in [0.2, 0.25) is 0 Å². The summed E-state index contributed by atoms with van der Waals surface area (Å²) in [6.07, 6.45) is -1.54. The second-order valence-electron chi connectivity index (χ2n) is 8.36. The first kappa shape index (κ1) is 24.5. The molecular formula is C22H29F3N2O5. The number of piperidine rings is 1. The van der Waals surface area contributed by atoms with E-state index >= 15 is 0 Å². The molecule has 1 aromatic rings. The number of alkyl halides is 3. The molecule has 0 radical (unpaired) electrons. The van der Waals surface area contributed by atoms with Gasteiger partial charge in [0.25, 0.3) is 5.91 Å². The number of nitrogens with zero attached hydrogens (tertiary/aromatic N) is 2. The van der Waals surface area contributed by atoms with E-state index in [1.165, 1.54) is 5.56 Å². The molecule has 1 N–H and O–H groups in total. The van der Waals surface area contributed by atoms with Gasteiger partial charge in [-0.1, -0.05) is 30.3 Å². The lowest BCUT2D eigenvalue weighted by atomic mass is 9.89. The summed E-state index contributed by atoms with van der Waals surface area (Å²) in [7, 11) is 0. The van der Waals surface area contributed by atoms with E-state index in [9.17, 15) is 18.0 Å². The zero-order chi connectivity index (χ0) is 23.2. The van der Waals surface area contributed by atoms with Crippen LogP contribution >= 0.6 is 0 Å². The van der Waals surface area contributed by atoms with E-state index < -0.39 is 12.1 Å². The highest BCUT2D eigenvalue weighted by Crippen LogP contribution is 2.31. The van der Waals surface area contributed by atoms with E-state index in [1.54, 1.807) is 0 Å². The Kier molecular flexibility index (Phi) is 8.13. The molecule has 0 bridgehead atoms. The molecule has 0 saturated carbocycles. The molecule has 3 aliphatic heterocycles. The van der Waals surface area contributed by atoms with Crippen LogP contribution in [0, 0.1) is 0 Å². The predicted octanol–water partition coefficient (Wildman–Crippen LogP) is 2.69. The van der Waals surface area contributed by atoms with Crippen molar-refractivity contribution >= 4 is 11.9 Å². The number of hydrogen-bond donors (Lipinski definition) is 1. The Morgan fingerprint density at radius 3 is 2.31 bits per heavy atom. The average Bonchev–Trinajstić information content (AvgIpc) is 3.29. The minimum absolute atomic E-state index is 0.0830. The molecule has 0 aliphatic carbocycles. The largest absolute Gasteiger partial charge is 0.490 e. The number of morpholine rings is 1. The van der Waals surface area contributed by atoms with E-state index in [0.29, 0.717) is 0 Å². The monoisotopic (exact) mass is 458 g/mol. The SMILES string of the molecule is O=C(O)C(F)(F)F.O=C([C@@H]1CCCO1)N1CCC2(CC1)CN(Cc1ccccc1)CCO2. The normalized spacial score (nSPS) is 23.5. The third-order valence-corrected chi connectivity index (χ3v) is 6.01. The second-order valence-corrected chi connectivity index (χ2v) is 8.36. The fraction of sp³-hybridized carbons (Fsp3) is 0.636. The molecule has 178 valence electrons. The molecule has 32 heavy (non-hydrogen) atoms. The zero-order valence-electron chi connectivity index (χ0n) is 17.9. The minimum atomic E-state index is -5.08. The lowest BCUT2D eigenvalue weighted by Crippen LogP contribution is -2.58. The van der Waals surface area contributed by atoms with Crippen LogP contribution in [0.3, 0.4) is 0 Å². The summed E-state index contributed by atoms with van der Waals surface area (Å²) in [5.41, 5.74) is 1.27. The van der Waals surface area contributed by atoms with Crippen molar-refractivity contribution in [3.8, 4) is 0 Å². The first-order chi connectivity index (χ1) is 15.2. The van der Waals surface area contributed by atoms with E-state index in [2.05, 4.69) is 35.2 Å². The van der Waals surface area contributed by atoms with E-state index in [4.69, 9.17) is 19.4 Å². The Bertz CT molecular complexity index is 761. The van der Waals surface area contributed by atoms with Gasteiger partial charge in [0.2, 0.25) is 0 Å².